The first-order valence-electron chi connectivity index (χ1n) is 7.80. The third-order valence-electron chi connectivity index (χ3n) is 4.38. The summed E-state index contributed by atoms with van der Waals surface area (Å²) in [7, 11) is 0. The molecule has 3 nitrogen and oxygen atoms in total. The maximum absolute atomic E-state index is 12.9. The minimum Gasteiger partial charge on any atom is -0.350 e. The number of benzene rings is 2. The van der Waals surface area contributed by atoms with Crippen molar-refractivity contribution in [3.05, 3.63) is 60.3 Å². The second-order valence-electron chi connectivity index (χ2n) is 5.79. The van der Waals surface area contributed by atoms with Crippen LogP contribution in [0.2, 0.25) is 0 Å². The number of carbonyl (C=O) groups is 1. The number of para-hydroxylation sites is 1. The van der Waals surface area contributed by atoms with E-state index in [9.17, 15) is 4.79 Å². The highest BCUT2D eigenvalue weighted by atomic mass is 16.2. The van der Waals surface area contributed by atoms with Crippen LogP contribution in [0.4, 0.5) is 0 Å². The topological polar surface area (TPSA) is 36.1 Å². The molecule has 0 unspecified atom stereocenters. The lowest BCUT2D eigenvalue weighted by Crippen LogP contribution is -2.28. The van der Waals surface area contributed by atoms with Crippen LogP contribution < -0.4 is 0 Å². The molecule has 0 spiro atoms. The predicted octanol–water partition coefficient (Wildman–Crippen LogP) is 4.07. The normalized spacial score (nSPS) is 14.6. The van der Waals surface area contributed by atoms with Crippen molar-refractivity contribution < 1.29 is 4.79 Å². The minimum atomic E-state index is 0.118. The number of nitrogens with zero attached hydrogens (tertiary/aromatic N) is 1. The fourth-order valence-corrected chi connectivity index (χ4v) is 3.29. The summed E-state index contributed by atoms with van der Waals surface area (Å²) in [4.78, 5) is 18.2. The second-order valence-corrected chi connectivity index (χ2v) is 5.79. The van der Waals surface area contributed by atoms with E-state index in [4.69, 9.17) is 0 Å². The van der Waals surface area contributed by atoms with E-state index in [1.54, 1.807) is 0 Å². The molecule has 0 bridgehead atoms. The zero-order valence-electron chi connectivity index (χ0n) is 12.4. The Kier molecular flexibility index (Phi) is 3.19. The summed E-state index contributed by atoms with van der Waals surface area (Å²) in [6.07, 6.45) is 2.21. The zero-order valence-corrected chi connectivity index (χ0v) is 12.4. The van der Waals surface area contributed by atoms with Crippen molar-refractivity contribution >= 4 is 16.8 Å². The molecule has 0 atom stereocenters. The molecule has 110 valence electrons. The van der Waals surface area contributed by atoms with E-state index in [1.165, 1.54) is 0 Å². The van der Waals surface area contributed by atoms with E-state index < -0.39 is 0 Å². The molecule has 2 aromatic carbocycles. The van der Waals surface area contributed by atoms with E-state index in [0.29, 0.717) is 5.69 Å². The molecule has 0 radical (unpaired) electrons. The average molecular weight is 290 g/mol. The van der Waals surface area contributed by atoms with Crippen molar-refractivity contribution in [3.63, 3.8) is 0 Å². The molecular weight excluding hydrogens is 272 g/mol. The summed E-state index contributed by atoms with van der Waals surface area (Å²) in [6.45, 7) is 1.73. The SMILES string of the molecule is O=C(c1[nH]c2ccccc2c1-c1ccccc1)N1CCCC1. The van der Waals surface area contributed by atoms with Crippen molar-refractivity contribution in [1.29, 1.82) is 0 Å². The van der Waals surface area contributed by atoms with Crippen LogP contribution in [0.1, 0.15) is 23.3 Å². The van der Waals surface area contributed by atoms with Gasteiger partial charge in [-0.25, -0.2) is 0 Å². The molecule has 4 rings (SSSR count). The van der Waals surface area contributed by atoms with Gasteiger partial charge in [0.2, 0.25) is 0 Å². The largest absolute Gasteiger partial charge is 0.350 e. The highest BCUT2D eigenvalue weighted by Crippen LogP contribution is 2.33. The van der Waals surface area contributed by atoms with Crippen LogP contribution in [-0.4, -0.2) is 28.9 Å². The Morgan fingerprint density at radius 3 is 2.36 bits per heavy atom. The van der Waals surface area contributed by atoms with Gasteiger partial charge >= 0.3 is 0 Å². The van der Waals surface area contributed by atoms with Gasteiger partial charge in [0.25, 0.3) is 5.91 Å². The molecule has 2 heterocycles. The number of nitrogens with one attached hydrogen (secondary N) is 1. The summed E-state index contributed by atoms with van der Waals surface area (Å²) in [5.41, 5.74) is 3.84. The molecule has 1 amide bonds. The lowest BCUT2D eigenvalue weighted by atomic mass is 10.0. The summed E-state index contributed by atoms with van der Waals surface area (Å²) in [5.74, 6) is 0.118. The number of carbonyl (C=O) groups excluding carboxylic acids is 1. The molecule has 1 N–H and O–H groups in total. The third kappa shape index (κ3) is 2.10. The van der Waals surface area contributed by atoms with E-state index in [1.807, 2.05) is 41.3 Å². The van der Waals surface area contributed by atoms with Gasteiger partial charge in [-0.1, -0.05) is 48.5 Å². The Balaban J connectivity index is 1.92. The van der Waals surface area contributed by atoms with Gasteiger partial charge in [-0.15, -0.1) is 0 Å². The van der Waals surface area contributed by atoms with Crippen LogP contribution in [0.25, 0.3) is 22.0 Å². The van der Waals surface area contributed by atoms with Crippen molar-refractivity contribution in [2.45, 2.75) is 12.8 Å². The number of rotatable bonds is 2. The monoisotopic (exact) mass is 290 g/mol. The Labute approximate surface area is 129 Å². The number of H-pyrrole nitrogens is 1. The Morgan fingerprint density at radius 2 is 1.59 bits per heavy atom. The Morgan fingerprint density at radius 1 is 0.909 bits per heavy atom. The molecule has 1 fully saturated rings. The van der Waals surface area contributed by atoms with E-state index >= 15 is 0 Å². The number of aromatic nitrogens is 1. The van der Waals surface area contributed by atoms with Crippen LogP contribution in [0.5, 0.6) is 0 Å². The van der Waals surface area contributed by atoms with E-state index in [0.717, 1.165) is 48.0 Å². The number of fused-ring (bicyclic) bond motifs is 1. The zero-order chi connectivity index (χ0) is 14.9. The highest BCUT2D eigenvalue weighted by molar-refractivity contribution is 6.09. The molecule has 1 aromatic heterocycles. The molecule has 1 aliphatic rings. The predicted molar refractivity (Wildman–Crippen MR) is 88.9 cm³/mol. The smallest absolute Gasteiger partial charge is 0.270 e. The Bertz CT molecular complexity index is 814. The quantitative estimate of drug-likeness (QED) is 0.758. The molecule has 1 aliphatic heterocycles. The molecule has 0 aliphatic carbocycles. The molecule has 3 heteroatoms. The van der Waals surface area contributed by atoms with Crippen LogP contribution >= 0.6 is 0 Å². The number of hydrogen-bond donors (Lipinski definition) is 1. The summed E-state index contributed by atoms with van der Waals surface area (Å²) < 4.78 is 0. The van der Waals surface area contributed by atoms with E-state index in [2.05, 4.69) is 23.2 Å². The first-order valence-corrected chi connectivity index (χ1v) is 7.80. The molecular formula is C19H18N2O. The first-order chi connectivity index (χ1) is 10.8. The van der Waals surface area contributed by atoms with Gasteiger partial charge in [0.15, 0.2) is 0 Å². The second kappa shape index (κ2) is 5.34. The lowest BCUT2D eigenvalue weighted by Gasteiger charge is -2.15. The highest BCUT2D eigenvalue weighted by Gasteiger charge is 2.25. The van der Waals surface area contributed by atoms with Gasteiger partial charge < -0.3 is 9.88 Å². The van der Waals surface area contributed by atoms with Gasteiger partial charge in [0.05, 0.1) is 0 Å². The molecule has 0 saturated carbocycles. The molecule has 1 saturated heterocycles. The fraction of sp³-hybridized carbons (Fsp3) is 0.211. The maximum atomic E-state index is 12.9. The minimum absolute atomic E-state index is 0.118. The lowest BCUT2D eigenvalue weighted by molar-refractivity contribution is 0.0789. The molecule has 3 aromatic rings. The van der Waals surface area contributed by atoms with Gasteiger partial charge in [-0.05, 0) is 24.5 Å². The summed E-state index contributed by atoms with van der Waals surface area (Å²) >= 11 is 0. The van der Waals surface area contributed by atoms with Gasteiger partial charge in [-0.3, -0.25) is 4.79 Å². The van der Waals surface area contributed by atoms with E-state index in [-0.39, 0.29) is 5.91 Å². The van der Waals surface area contributed by atoms with Crippen molar-refractivity contribution in [2.24, 2.45) is 0 Å². The first kappa shape index (κ1) is 13.1. The number of amides is 1. The maximum Gasteiger partial charge on any atom is 0.270 e. The summed E-state index contributed by atoms with van der Waals surface area (Å²) in [6, 6.07) is 18.3. The Hall–Kier alpha value is -2.55. The van der Waals surface area contributed by atoms with Crippen molar-refractivity contribution in [3.8, 4) is 11.1 Å². The van der Waals surface area contributed by atoms with Crippen molar-refractivity contribution in [1.82, 2.24) is 9.88 Å². The van der Waals surface area contributed by atoms with Crippen LogP contribution in [0.3, 0.4) is 0 Å². The average Bonchev–Trinajstić information content (AvgIpc) is 3.22. The number of aromatic amines is 1. The number of hydrogen-bond acceptors (Lipinski definition) is 1. The fourth-order valence-electron chi connectivity index (χ4n) is 3.29. The standard InChI is InChI=1S/C19H18N2O/c22-19(21-12-6-7-13-21)18-17(14-8-2-1-3-9-14)15-10-4-5-11-16(15)20-18/h1-5,8-11,20H,6-7,12-13H2. The summed E-state index contributed by atoms with van der Waals surface area (Å²) in [5, 5.41) is 1.11. The third-order valence-corrected chi connectivity index (χ3v) is 4.38. The molecule has 22 heavy (non-hydrogen) atoms. The van der Waals surface area contributed by atoms with Crippen LogP contribution in [0, 0.1) is 0 Å². The van der Waals surface area contributed by atoms with Crippen LogP contribution in [-0.2, 0) is 0 Å². The van der Waals surface area contributed by atoms with Gasteiger partial charge in [0, 0.05) is 29.6 Å². The van der Waals surface area contributed by atoms with Crippen LogP contribution in [0.15, 0.2) is 54.6 Å². The van der Waals surface area contributed by atoms with Gasteiger partial charge in [-0.2, -0.15) is 0 Å². The van der Waals surface area contributed by atoms with Crippen molar-refractivity contribution in [2.75, 3.05) is 13.1 Å². The number of likely N-dealkylation sites (tertiary alicyclic amines) is 1. The van der Waals surface area contributed by atoms with Gasteiger partial charge in [0.1, 0.15) is 5.69 Å².